The molecule has 26 heavy (non-hydrogen) atoms. The van der Waals surface area contributed by atoms with Crippen LogP contribution in [0.5, 0.6) is 0 Å². The van der Waals surface area contributed by atoms with Crippen molar-refractivity contribution in [3.63, 3.8) is 0 Å². The van der Waals surface area contributed by atoms with Crippen LogP contribution in [0.1, 0.15) is 46.8 Å². The first-order valence-corrected chi connectivity index (χ1v) is 7.95. The van der Waals surface area contributed by atoms with Crippen molar-refractivity contribution < 1.29 is 9.53 Å². The minimum Gasteiger partial charge on any atom is -0.443 e. The van der Waals surface area contributed by atoms with Crippen molar-refractivity contribution in [1.82, 2.24) is 4.98 Å². The summed E-state index contributed by atoms with van der Waals surface area (Å²) in [7, 11) is 0. The molecule has 1 fully saturated rings. The zero-order chi connectivity index (χ0) is 17.2. The highest BCUT2D eigenvalue weighted by Gasteiger charge is 2.39. The summed E-state index contributed by atoms with van der Waals surface area (Å²) in [6.45, 7) is 6.70. The van der Waals surface area contributed by atoms with Crippen molar-refractivity contribution in [3.05, 3.63) is 59.8 Å². The van der Waals surface area contributed by atoms with Crippen LogP contribution in [-0.2, 0) is 4.74 Å². The number of rotatable bonds is 1. The molecule has 0 aliphatic carbocycles. The molecular formula is C22H28N2O2. The standard InChI is InChI=1S/C20H20N2O2.2CH4/c1-20(2,3)17-14-22(19(23)24-17)18-12-11-16(13-21-18)10-9-15-7-5-4-6-8-15;;/h4-8,11-13,17H,14H2,1-3H3;2*1H4. The molecule has 138 valence electrons. The molecule has 1 saturated heterocycles. The lowest BCUT2D eigenvalue weighted by Gasteiger charge is -2.24. The maximum atomic E-state index is 12.1. The van der Waals surface area contributed by atoms with Gasteiger partial charge in [0.05, 0.1) is 6.54 Å². The van der Waals surface area contributed by atoms with E-state index in [2.05, 4.69) is 37.6 Å². The predicted octanol–water partition coefficient (Wildman–Crippen LogP) is 5.12. The van der Waals surface area contributed by atoms with E-state index in [1.54, 1.807) is 17.2 Å². The van der Waals surface area contributed by atoms with E-state index in [1.807, 2.05) is 36.4 Å². The molecule has 1 aliphatic rings. The van der Waals surface area contributed by atoms with Crippen molar-refractivity contribution in [3.8, 4) is 11.8 Å². The number of pyridine rings is 1. The van der Waals surface area contributed by atoms with Crippen LogP contribution in [0.4, 0.5) is 10.6 Å². The third-order valence-electron chi connectivity index (χ3n) is 3.93. The molecule has 1 aromatic heterocycles. The number of carbonyl (C=O) groups is 1. The van der Waals surface area contributed by atoms with E-state index in [4.69, 9.17) is 4.74 Å². The highest BCUT2D eigenvalue weighted by molar-refractivity contribution is 5.88. The summed E-state index contributed by atoms with van der Waals surface area (Å²) in [6, 6.07) is 13.5. The van der Waals surface area contributed by atoms with Crippen molar-refractivity contribution in [2.45, 2.75) is 41.7 Å². The Hall–Kier alpha value is -2.80. The number of carbonyl (C=O) groups excluding carboxylic acids is 1. The highest BCUT2D eigenvalue weighted by atomic mass is 16.6. The van der Waals surface area contributed by atoms with Crippen LogP contribution in [0.25, 0.3) is 0 Å². The number of anilines is 1. The maximum Gasteiger partial charge on any atom is 0.415 e. The number of hydrogen-bond donors (Lipinski definition) is 0. The fourth-order valence-electron chi connectivity index (χ4n) is 2.39. The van der Waals surface area contributed by atoms with Crippen LogP contribution in [0.2, 0.25) is 0 Å². The first kappa shape index (κ1) is 21.2. The summed E-state index contributed by atoms with van der Waals surface area (Å²) in [6.07, 6.45) is 1.21. The first-order valence-electron chi connectivity index (χ1n) is 7.95. The van der Waals surface area contributed by atoms with Crippen molar-refractivity contribution in [2.75, 3.05) is 11.4 Å². The zero-order valence-corrected chi connectivity index (χ0v) is 14.1. The van der Waals surface area contributed by atoms with Crippen LogP contribution < -0.4 is 4.90 Å². The fraction of sp³-hybridized carbons (Fsp3) is 0.364. The van der Waals surface area contributed by atoms with Gasteiger partial charge in [-0.1, -0.05) is 65.7 Å². The summed E-state index contributed by atoms with van der Waals surface area (Å²) in [5, 5.41) is 0. The normalized spacial score (nSPS) is 15.9. The Morgan fingerprint density at radius 2 is 1.69 bits per heavy atom. The molecule has 1 aromatic carbocycles. The third kappa shape index (κ3) is 4.86. The van der Waals surface area contributed by atoms with E-state index in [-0.39, 0.29) is 32.5 Å². The van der Waals surface area contributed by atoms with E-state index in [9.17, 15) is 4.79 Å². The molecule has 1 aliphatic heterocycles. The number of aromatic nitrogens is 1. The second-order valence-corrected chi connectivity index (χ2v) is 6.87. The Labute approximate surface area is 157 Å². The minimum absolute atomic E-state index is 0. The Bertz CT molecular complexity index is 781. The van der Waals surface area contributed by atoms with E-state index in [0.717, 1.165) is 11.1 Å². The van der Waals surface area contributed by atoms with Gasteiger partial charge in [-0.3, -0.25) is 4.90 Å². The summed E-state index contributed by atoms with van der Waals surface area (Å²) in [5.41, 5.74) is 1.67. The van der Waals surface area contributed by atoms with Gasteiger partial charge in [0.25, 0.3) is 0 Å². The van der Waals surface area contributed by atoms with Gasteiger partial charge >= 0.3 is 6.09 Å². The third-order valence-corrected chi connectivity index (χ3v) is 3.93. The molecule has 0 bridgehead atoms. The predicted molar refractivity (Wildman–Crippen MR) is 107 cm³/mol. The molecule has 2 aromatic rings. The molecular weight excluding hydrogens is 324 g/mol. The molecule has 0 N–H and O–H groups in total. The summed E-state index contributed by atoms with van der Waals surface area (Å²) < 4.78 is 5.45. The second kappa shape index (κ2) is 8.53. The number of benzene rings is 1. The lowest BCUT2D eigenvalue weighted by Crippen LogP contribution is -2.31. The molecule has 0 saturated carbocycles. The first-order chi connectivity index (χ1) is 11.4. The van der Waals surface area contributed by atoms with Crippen LogP contribution in [0.15, 0.2) is 48.7 Å². The van der Waals surface area contributed by atoms with E-state index in [0.29, 0.717) is 12.4 Å². The molecule has 1 amide bonds. The van der Waals surface area contributed by atoms with Crippen molar-refractivity contribution >= 4 is 11.9 Å². The fourth-order valence-corrected chi connectivity index (χ4v) is 2.39. The van der Waals surface area contributed by atoms with Gasteiger partial charge in [-0.25, -0.2) is 9.78 Å². The van der Waals surface area contributed by atoms with Gasteiger partial charge in [-0.2, -0.15) is 0 Å². The smallest absolute Gasteiger partial charge is 0.415 e. The zero-order valence-electron chi connectivity index (χ0n) is 14.1. The van der Waals surface area contributed by atoms with Crippen LogP contribution in [-0.4, -0.2) is 23.7 Å². The summed E-state index contributed by atoms with van der Waals surface area (Å²) in [4.78, 5) is 18.0. The quantitative estimate of drug-likeness (QED) is 0.669. The Morgan fingerprint density at radius 1 is 1.04 bits per heavy atom. The van der Waals surface area contributed by atoms with E-state index >= 15 is 0 Å². The molecule has 1 unspecified atom stereocenters. The van der Waals surface area contributed by atoms with Gasteiger partial charge in [0, 0.05) is 22.7 Å². The topological polar surface area (TPSA) is 42.4 Å². The van der Waals surface area contributed by atoms with Crippen LogP contribution >= 0.6 is 0 Å². The number of amides is 1. The van der Waals surface area contributed by atoms with Gasteiger partial charge in [0.2, 0.25) is 0 Å². The molecule has 0 spiro atoms. The highest BCUT2D eigenvalue weighted by Crippen LogP contribution is 2.30. The van der Waals surface area contributed by atoms with Gasteiger partial charge in [-0.05, 0) is 24.3 Å². The maximum absolute atomic E-state index is 12.1. The Morgan fingerprint density at radius 3 is 2.23 bits per heavy atom. The number of ether oxygens (including phenoxy) is 1. The largest absolute Gasteiger partial charge is 0.443 e. The SMILES string of the molecule is C.C.CC(C)(C)C1CN(c2ccc(C#Cc3ccccc3)cn2)C(=O)O1. The number of cyclic esters (lactones) is 1. The monoisotopic (exact) mass is 352 g/mol. The molecule has 4 heteroatoms. The van der Waals surface area contributed by atoms with Crippen molar-refractivity contribution in [1.29, 1.82) is 0 Å². The lowest BCUT2D eigenvalue weighted by atomic mass is 9.89. The minimum atomic E-state index is -0.342. The van der Waals surface area contributed by atoms with Crippen molar-refractivity contribution in [2.24, 2.45) is 5.41 Å². The average molecular weight is 352 g/mol. The van der Waals surface area contributed by atoms with Gasteiger partial charge in [-0.15, -0.1) is 0 Å². The molecule has 4 nitrogen and oxygen atoms in total. The van der Waals surface area contributed by atoms with Crippen LogP contribution in [0.3, 0.4) is 0 Å². The molecule has 3 rings (SSSR count). The van der Waals surface area contributed by atoms with Gasteiger partial charge < -0.3 is 4.74 Å². The van der Waals surface area contributed by atoms with E-state index in [1.165, 1.54) is 0 Å². The Kier molecular flexibility index (Phi) is 6.97. The van der Waals surface area contributed by atoms with Gasteiger partial charge in [0.1, 0.15) is 11.9 Å². The van der Waals surface area contributed by atoms with E-state index < -0.39 is 0 Å². The number of hydrogen-bond acceptors (Lipinski definition) is 3. The Balaban J connectivity index is 0.00000169. The second-order valence-electron chi connectivity index (χ2n) is 6.87. The molecule has 1 atom stereocenters. The molecule has 0 radical (unpaired) electrons. The number of nitrogens with zero attached hydrogens (tertiary/aromatic N) is 2. The van der Waals surface area contributed by atoms with Crippen LogP contribution in [0, 0.1) is 17.3 Å². The summed E-state index contributed by atoms with van der Waals surface area (Å²) in [5.74, 6) is 6.76. The molecule has 2 heterocycles. The lowest BCUT2D eigenvalue weighted by molar-refractivity contribution is 0.0728. The summed E-state index contributed by atoms with van der Waals surface area (Å²) >= 11 is 0. The average Bonchev–Trinajstić information content (AvgIpc) is 2.97. The van der Waals surface area contributed by atoms with Gasteiger partial charge in [0.15, 0.2) is 0 Å².